The molecule has 2 aliphatic heterocycles. The molecule has 2 aliphatic rings. The molecular formula is C34H39N5O8. The SMILES string of the molecule is C=CN(CCOCNC)c1ccc2c(c1)Oc1cc(N(CCOC(=O)NC)CCOC(=O)NC)ccc1C21OC(=O)c2ccccc21. The Balaban J connectivity index is 1.55. The summed E-state index contributed by atoms with van der Waals surface area (Å²) in [5.74, 6) is 0.557. The Hall–Kier alpha value is -5.27. The molecule has 0 aromatic heterocycles. The standard InChI is InChI=1S/C34H39N5O8/c1-5-38(14-17-43-22-35-2)23-10-12-27-29(20-23)46-30-21-24(39(15-18-44-32(41)36-3)16-19-45-33(42)37-4)11-13-28(30)34(27)26-9-7-6-8-25(26)31(40)47-34/h5-13,20-21,35H,1,14-19,22H2,2-4H3,(H,36,41)(H,37,42). The maximum atomic E-state index is 13.3. The number of ether oxygens (including phenoxy) is 5. The molecule has 2 amide bonds. The molecule has 47 heavy (non-hydrogen) atoms. The number of amides is 2. The number of carbonyl (C=O) groups excluding carboxylic acids is 3. The van der Waals surface area contributed by atoms with Gasteiger partial charge < -0.3 is 44.1 Å². The lowest BCUT2D eigenvalue weighted by Gasteiger charge is -2.37. The summed E-state index contributed by atoms with van der Waals surface area (Å²) in [6.07, 6.45) is 0.608. The van der Waals surface area contributed by atoms with Crippen LogP contribution in [0.25, 0.3) is 0 Å². The van der Waals surface area contributed by atoms with E-state index in [-0.39, 0.29) is 13.2 Å². The number of fused-ring (bicyclic) bond motifs is 6. The lowest BCUT2D eigenvalue weighted by Crippen LogP contribution is -2.35. The van der Waals surface area contributed by atoms with Gasteiger partial charge in [-0.3, -0.25) is 5.32 Å². The van der Waals surface area contributed by atoms with E-state index in [9.17, 15) is 14.4 Å². The second-order valence-corrected chi connectivity index (χ2v) is 10.6. The Morgan fingerprint density at radius 2 is 1.45 bits per heavy atom. The minimum absolute atomic E-state index is 0.0775. The Labute approximate surface area is 273 Å². The minimum atomic E-state index is -1.25. The second-order valence-electron chi connectivity index (χ2n) is 10.6. The molecule has 248 valence electrons. The van der Waals surface area contributed by atoms with Crippen molar-refractivity contribution in [3.8, 4) is 11.5 Å². The Morgan fingerprint density at radius 1 is 0.830 bits per heavy atom. The highest BCUT2D eigenvalue weighted by Crippen LogP contribution is 2.57. The number of hydrogen-bond donors (Lipinski definition) is 3. The molecule has 1 unspecified atom stereocenters. The van der Waals surface area contributed by atoms with Crippen molar-refractivity contribution in [2.24, 2.45) is 0 Å². The summed E-state index contributed by atoms with van der Waals surface area (Å²) in [7, 11) is 4.78. The fourth-order valence-electron chi connectivity index (χ4n) is 5.70. The van der Waals surface area contributed by atoms with Crippen LogP contribution in [-0.4, -0.2) is 85.5 Å². The van der Waals surface area contributed by atoms with Crippen molar-refractivity contribution in [3.05, 3.63) is 95.7 Å². The third kappa shape index (κ3) is 6.81. The first kappa shape index (κ1) is 33.1. The average Bonchev–Trinajstić information content (AvgIpc) is 3.39. The van der Waals surface area contributed by atoms with Crippen LogP contribution in [0.2, 0.25) is 0 Å². The molecule has 0 radical (unpaired) electrons. The Kier molecular flexibility index (Phi) is 10.5. The van der Waals surface area contributed by atoms with E-state index >= 15 is 0 Å². The van der Waals surface area contributed by atoms with Crippen LogP contribution in [0.1, 0.15) is 27.0 Å². The lowest BCUT2D eigenvalue weighted by molar-refractivity contribution is 0.0224. The number of esters is 1. The van der Waals surface area contributed by atoms with Gasteiger partial charge in [-0.25, -0.2) is 14.4 Å². The molecule has 0 saturated heterocycles. The van der Waals surface area contributed by atoms with Gasteiger partial charge in [-0.1, -0.05) is 24.8 Å². The smallest absolute Gasteiger partial charge is 0.406 e. The number of anilines is 2. The zero-order valence-corrected chi connectivity index (χ0v) is 26.7. The predicted molar refractivity (Wildman–Crippen MR) is 175 cm³/mol. The van der Waals surface area contributed by atoms with Gasteiger partial charge in [0.05, 0.1) is 32.0 Å². The van der Waals surface area contributed by atoms with E-state index in [0.717, 1.165) is 5.69 Å². The van der Waals surface area contributed by atoms with Gasteiger partial charge in [0.1, 0.15) is 24.7 Å². The molecule has 5 rings (SSSR count). The highest BCUT2D eigenvalue weighted by atomic mass is 16.6. The maximum absolute atomic E-state index is 13.3. The van der Waals surface area contributed by atoms with Crippen molar-refractivity contribution in [1.29, 1.82) is 0 Å². The van der Waals surface area contributed by atoms with E-state index in [4.69, 9.17) is 23.7 Å². The van der Waals surface area contributed by atoms with Crippen LogP contribution in [0.4, 0.5) is 21.0 Å². The highest BCUT2D eigenvalue weighted by Gasteiger charge is 2.53. The predicted octanol–water partition coefficient (Wildman–Crippen LogP) is 3.92. The number of alkyl carbamates (subject to hydrolysis) is 2. The van der Waals surface area contributed by atoms with Gasteiger partial charge in [-0.05, 0) is 43.6 Å². The molecule has 3 aromatic rings. The van der Waals surface area contributed by atoms with Crippen LogP contribution < -0.4 is 30.5 Å². The van der Waals surface area contributed by atoms with Crippen LogP contribution in [0.15, 0.2) is 73.4 Å². The number of hydrogen-bond acceptors (Lipinski definition) is 11. The fraction of sp³-hybridized carbons (Fsp3) is 0.324. The second kappa shape index (κ2) is 14.9. The van der Waals surface area contributed by atoms with Gasteiger partial charge in [0.25, 0.3) is 0 Å². The van der Waals surface area contributed by atoms with Crippen LogP contribution in [0, 0.1) is 0 Å². The third-order valence-electron chi connectivity index (χ3n) is 7.92. The largest absolute Gasteiger partial charge is 0.456 e. The van der Waals surface area contributed by atoms with Crippen molar-refractivity contribution < 1.29 is 38.1 Å². The molecule has 0 bridgehead atoms. The van der Waals surface area contributed by atoms with E-state index in [1.54, 1.807) is 12.3 Å². The minimum Gasteiger partial charge on any atom is -0.456 e. The van der Waals surface area contributed by atoms with Crippen molar-refractivity contribution in [3.63, 3.8) is 0 Å². The molecular weight excluding hydrogens is 606 g/mol. The van der Waals surface area contributed by atoms with Crippen LogP contribution in [-0.2, 0) is 24.5 Å². The van der Waals surface area contributed by atoms with Crippen molar-refractivity contribution in [2.75, 3.05) is 77.1 Å². The molecule has 3 aromatic carbocycles. The van der Waals surface area contributed by atoms with Crippen molar-refractivity contribution in [2.45, 2.75) is 5.60 Å². The summed E-state index contributed by atoms with van der Waals surface area (Å²) >= 11 is 0. The molecule has 13 heteroatoms. The normalized spacial score (nSPS) is 15.3. The summed E-state index contributed by atoms with van der Waals surface area (Å²) in [5, 5.41) is 7.82. The van der Waals surface area contributed by atoms with Crippen LogP contribution in [0.5, 0.6) is 11.5 Å². The van der Waals surface area contributed by atoms with E-state index in [2.05, 4.69) is 22.5 Å². The first-order valence-corrected chi connectivity index (χ1v) is 15.2. The van der Waals surface area contributed by atoms with Crippen molar-refractivity contribution >= 4 is 29.5 Å². The summed E-state index contributed by atoms with van der Waals surface area (Å²) < 4.78 is 29.0. The first-order chi connectivity index (χ1) is 22.9. The summed E-state index contributed by atoms with van der Waals surface area (Å²) in [6.45, 7) is 6.19. The summed E-state index contributed by atoms with van der Waals surface area (Å²) in [5.41, 5.74) is 2.82. The zero-order chi connectivity index (χ0) is 33.4. The van der Waals surface area contributed by atoms with E-state index < -0.39 is 23.8 Å². The fourth-order valence-corrected chi connectivity index (χ4v) is 5.70. The Bertz CT molecular complexity index is 1610. The molecule has 0 saturated carbocycles. The Morgan fingerprint density at radius 3 is 2.06 bits per heavy atom. The van der Waals surface area contributed by atoms with Gasteiger partial charge in [0, 0.05) is 60.8 Å². The highest BCUT2D eigenvalue weighted by molar-refractivity contribution is 5.97. The van der Waals surface area contributed by atoms with Gasteiger partial charge in [-0.2, -0.15) is 0 Å². The molecule has 1 atom stereocenters. The third-order valence-corrected chi connectivity index (χ3v) is 7.92. The monoisotopic (exact) mass is 645 g/mol. The number of rotatable bonds is 14. The molecule has 0 aliphatic carbocycles. The number of carbonyl (C=O) groups is 3. The first-order valence-electron chi connectivity index (χ1n) is 15.2. The topological polar surface area (TPSA) is 140 Å². The number of nitrogens with zero attached hydrogens (tertiary/aromatic N) is 2. The zero-order valence-electron chi connectivity index (χ0n) is 26.7. The number of benzene rings is 3. The molecule has 2 heterocycles. The average molecular weight is 646 g/mol. The molecule has 13 nitrogen and oxygen atoms in total. The van der Waals surface area contributed by atoms with E-state index in [1.807, 2.05) is 71.4 Å². The van der Waals surface area contributed by atoms with Gasteiger partial charge in [0.15, 0.2) is 5.60 Å². The lowest BCUT2D eigenvalue weighted by atomic mass is 9.77. The summed E-state index contributed by atoms with van der Waals surface area (Å²) in [6, 6.07) is 18.7. The van der Waals surface area contributed by atoms with Crippen LogP contribution in [0.3, 0.4) is 0 Å². The van der Waals surface area contributed by atoms with Gasteiger partial charge in [-0.15, -0.1) is 0 Å². The summed E-state index contributed by atoms with van der Waals surface area (Å²) in [4.78, 5) is 40.6. The molecule has 0 fully saturated rings. The quantitative estimate of drug-likeness (QED) is 0.102. The molecule has 1 spiro atoms. The van der Waals surface area contributed by atoms with E-state index in [0.29, 0.717) is 72.4 Å². The van der Waals surface area contributed by atoms with Gasteiger partial charge >= 0.3 is 18.2 Å². The van der Waals surface area contributed by atoms with Gasteiger partial charge in [0.2, 0.25) is 0 Å². The number of nitrogens with one attached hydrogen (secondary N) is 3. The van der Waals surface area contributed by atoms with E-state index in [1.165, 1.54) is 14.1 Å². The van der Waals surface area contributed by atoms with Crippen LogP contribution >= 0.6 is 0 Å². The maximum Gasteiger partial charge on any atom is 0.406 e. The van der Waals surface area contributed by atoms with Crippen molar-refractivity contribution in [1.82, 2.24) is 16.0 Å². The molecule has 3 N–H and O–H groups in total.